The van der Waals surface area contributed by atoms with Gasteiger partial charge in [0.15, 0.2) is 0 Å². The molecule has 0 radical (unpaired) electrons. The molecule has 0 heterocycles. The summed E-state index contributed by atoms with van der Waals surface area (Å²) in [4.78, 5) is 2.57. The van der Waals surface area contributed by atoms with Gasteiger partial charge in [0.05, 0.1) is 0 Å². The molecule has 0 aromatic heterocycles. The first kappa shape index (κ1) is 13.4. The van der Waals surface area contributed by atoms with E-state index in [4.69, 9.17) is 5.73 Å². The first-order valence-corrected chi connectivity index (χ1v) is 7.52. The predicted octanol–water partition coefficient (Wildman–Crippen LogP) is 2.73. The van der Waals surface area contributed by atoms with Gasteiger partial charge in [-0.15, -0.1) is 0 Å². The third kappa shape index (κ3) is 3.45. The molecule has 0 bridgehead atoms. The van der Waals surface area contributed by atoms with Crippen LogP contribution < -0.4 is 5.73 Å². The van der Waals surface area contributed by atoms with Gasteiger partial charge in [0.25, 0.3) is 0 Å². The minimum Gasteiger partial charge on any atom is -0.329 e. The Morgan fingerprint density at radius 2 is 1.94 bits per heavy atom. The quantitative estimate of drug-likeness (QED) is 0.798. The molecule has 5 atom stereocenters. The third-order valence-corrected chi connectivity index (χ3v) is 5.13. The molecule has 0 saturated heterocycles. The van der Waals surface area contributed by atoms with E-state index in [2.05, 4.69) is 25.8 Å². The van der Waals surface area contributed by atoms with Gasteiger partial charge < -0.3 is 10.6 Å². The molecule has 5 unspecified atom stereocenters. The second-order valence-corrected chi connectivity index (χ2v) is 6.75. The predicted molar refractivity (Wildman–Crippen MR) is 73.9 cm³/mol. The van der Waals surface area contributed by atoms with Crippen LogP contribution >= 0.6 is 0 Å². The molecule has 2 saturated carbocycles. The number of hydrogen-bond donors (Lipinski definition) is 1. The fourth-order valence-electron chi connectivity index (χ4n) is 3.72. The molecular weight excluding hydrogens is 208 g/mol. The monoisotopic (exact) mass is 238 g/mol. The molecule has 0 aromatic rings. The molecule has 2 N–H and O–H groups in total. The number of nitrogens with zero attached hydrogens (tertiary/aromatic N) is 1. The summed E-state index contributed by atoms with van der Waals surface area (Å²) in [6.07, 6.45) is 7.07. The molecule has 2 fully saturated rings. The molecule has 2 heteroatoms. The highest BCUT2D eigenvalue weighted by molar-refractivity contribution is 4.89. The van der Waals surface area contributed by atoms with Gasteiger partial charge in [0.2, 0.25) is 0 Å². The zero-order valence-electron chi connectivity index (χ0n) is 11.9. The van der Waals surface area contributed by atoms with E-state index in [9.17, 15) is 0 Å². The lowest BCUT2D eigenvalue weighted by Crippen LogP contribution is -2.45. The van der Waals surface area contributed by atoms with Crippen molar-refractivity contribution in [3.8, 4) is 0 Å². The minimum absolute atomic E-state index is 0.630. The minimum atomic E-state index is 0.630. The Labute approximate surface area is 107 Å². The van der Waals surface area contributed by atoms with Crippen molar-refractivity contribution >= 4 is 0 Å². The molecule has 2 nitrogen and oxygen atoms in total. The van der Waals surface area contributed by atoms with E-state index in [-0.39, 0.29) is 0 Å². The molecule has 0 aliphatic heterocycles. The molecule has 2 aliphatic carbocycles. The molecule has 0 amide bonds. The lowest BCUT2D eigenvalue weighted by atomic mass is 9.78. The van der Waals surface area contributed by atoms with Gasteiger partial charge in [-0.3, -0.25) is 0 Å². The van der Waals surface area contributed by atoms with Gasteiger partial charge >= 0.3 is 0 Å². The average molecular weight is 238 g/mol. The molecule has 2 aliphatic rings. The Hall–Kier alpha value is -0.0800. The zero-order chi connectivity index (χ0) is 12.4. The van der Waals surface area contributed by atoms with Crippen molar-refractivity contribution in [3.63, 3.8) is 0 Å². The average Bonchev–Trinajstić information content (AvgIpc) is 2.95. The van der Waals surface area contributed by atoms with Crippen LogP contribution in [0.4, 0.5) is 0 Å². The smallest absolute Gasteiger partial charge is 0.0243 e. The largest absolute Gasteiger partial charge is 0.329 e. The van der Waals surface area contributed by atoms with Crippen LogP contribution in [-0.2, 0) is 0 Å². The highest BCUT2D eigenvalue weighted by Crippen LogP contribution is 2.39. The van der Waals surface area contributed by atoms with Crippen molar-refractivity contribution in [3.05, 3.63) is 0 Å². The summed E-state index contributed by atoms with van der Waals surface area (Å²) >= 11 is 0. The fraction of sp³-hybridized carbons (Fsp3) is 1.00. The van der Waals surface area contributed by atoms with Gasteiger partial charge in [-0.05, 0) is 50.0 Å². The summed E-state index contributed by atoms with van der Waals surface area (Å²) in [6.45, 7) is 6.89. The normalized spacial score (nSPS) is 39.4. The zero-order valence-corrected chi connectivity index (χ0v) is 11.9. The number of hydrogen-bond acceptors (Lipinski definition) is 2. The van der Waals surface area contributed by atoms with Crippen molar-refractivity contribution in [2.24, 2.45) is 29.4 Å². The lowest BCUT2D eigenvalue weighted by Gasteiger charge is -2.38. The second-order valence-electron chi connectivity index (χ2n) is 6.75. The van der Waals surface area contributed by atoms with Crippen molar-refractivity contribution in [2.75, 3.05) is 20.1 Å². The Morgan fingerprint density at radius 1 is 1.24 bits per heavy atom. The first-order valence-electron chi connectivity index (χ1n) is 7.52. The summed E-state index contributed by atoms with van der Waals surface area (Å²) < 4.78 is 0. The van der Waals surface area contributed by atoms with Crippen LogP contribution in [0.1, 0.15) is 46.0 Å². The molecule has 100 valence electrons. The Balaban J connectivity index is 1.85. The maximum Gasteiger partial charge on any atom is 0.0243 e. The SMILES string of the molecule is CC1CCCC(C(CN)N(C)CC2CC2C)C1. The lowest BCUT2D eigenvalue weighted by molar-refractivity contribution is 0.125. The standard InChI is InChI=1S/C15H30N2/c1-11-5-4-6-13(7-11)15(9-16)17(3)10-14-8-12(14)2/h11-15H,4-10,16H2,1-3H3. The summed E-state index contributed by atoms with van der Waals surface area (Å²) in [5.41, 5.74) is 6.04. The summed E-state index contributed by atoms with van der Waals surface area (Å²) in [5.74, 6) is 3.68. The van der Waals surface area contributed by atoms with Crippen molar-refractivity contribution in [2.45, 2.75) is 52.0 Å². The summed E-state index contributed by atoms with van der Waals surface area (Å²) in [7, 11) is 2.29. The highest BCUT2D eigenvalue weighted by atomic mass is 15.1. The van der Waals surface area contributed by atoms with Gasteiger partial charge in [-0.2, -0.15) is 0 Å². The number of rotatable bonds is 5. The van der Waals surface area contributed by atoms with E-state index >= 15 is 0 Å². The van der Waals surface area contributed by atoms with Gasteiger partial charge in [0, 0.05) is 19.1 Å². The van der Waals surface area contributed by atoms with Crippen LogP contribution in [0.15, 0.2) is 0 Å². The van der Waals surface area contributed by atoms with Crippen LogP contribution in [0.5, 0.6) is 0 Å². The summed E-state index contributed by atoms with van der Waals surface area (Å²) in [6, 6.07) is 0.630. The van der Waals surface area contributed by atoms with Crippen LogP contribution in [0.2, 0.25) is 0 Å². The third-order valence-electron chi connectivity index (χ3n) is 5.13. The molecule has 0 aromatic carbocycles. The fourth-order valence-corrected chi connectivity index (χ4v) is 3.72. The van der Waals surface area contributed by atoms with E-state index in [1.54, 1.807) is 0 Å². The van der Waals surface area contributed by atoms with Crippen LogP contribution in [-0.4, -0.2) is 31.1 Å². The second kappa shape index (κ2) is 5.71. The van der Waals surface area contributed by atoms with Crippen molar-refractivity contribution in [1.29, 1.82) is 0 Å². The molecule has 17 heavy (non-hydrogen) atoms. The number of nitrogens with two attached hydrogens (primary N) is 1. The van der Waals surface area contributed by atoms with E-state index in [1.165, 1.54) is 38.6 Å². The van der Waals surface area contributed by atoms with Gasteiger partial charge in [-0.25, -0.2) is 0 Å². The van der Waals surface area contributed by atoms with E-state index < -0.39 is 0 Å². The molecular formula is C15H30N2. The van der Waals surface area contributed by atoms with E-state index in [0.29, 0.717) is 6.04 Å². The molecule has 0 spiro atoms. The Kier molecular flexibility index (Phi) is 4.48. The Morgan fingerprint density at radius 3 is 2.47 bits per heavy atom. The maximum atomic E-state index is 6.04. The topological polar surface area (TPSA) is 29.3 Å². The van der Waals surface area contributed by atoms with E-state index in [1.807, 2.05) is 0 Å². The Bertz CT molecular complexity index is 241. The first-order chi connectivity index (χ1) is 8.11. The maximum absolute atomic E-state index is 6.04. The van der Waals surface area contributed by atoms with Crippen molar-refractivity contribution in [1.82, 2.24) is 4.90 Å². The van der Waals surface area contributed by atoms with Crippen LogP contribution in [0.3, 0.4) is 0 Å². The van der Waals surface area contributed by atoms with Gasteiger partial charge in [0.1, 0.15) is 0 Å². The van der Waals surface area contributed by atoms with E-state index in [0.717, 1.165) is 30.2 Å². The highest BCUT2D eigenvalue weighted by Gasteiger charge is 2.36. The van der Waals surface area contributed by atoms with Crippen molar-refractivity contribution < 1.29 is 0 Å². The van der Waals surface area contributed by atoms with Crippen LogP contribution in [0, 0.1) is 23.7 Å². The summed E-state index contributed by atoms with van der Waals surface area (Å²) in [5, 5.41) is 0. The molecule has 2 rings (SSSR count). The van der Waals surface area contributed by atoms with Gasteiger partial charge in [-0.1, -0.05) is 26.7 Å². The van der Waals surface area contributed by atoms with Crippen LogP contribution in [0.25, 0.3) is 0 Å². The number of likely N-dealkylation sites (N-methyl/N-ethyl adjacent to an activating group) is 1.